The lowest BCUT2D eigenvalue weighted by molar-refractivity contribution is 0.196. The molecule has 1 rings (SSSR count). The van der Waals surface area contributed by atoms with Crippen LogP contribution in [0.25, 0.3) is 0 Å². The van der Waals surface area contributed by atoms with Crippen LogP contribution in [0.2, 0.25) is 0 Å². The molecule has 0 bridgehead atoms. The summed E-state index contributed by atoms with van der Waals surface area (Å²) in [6.07, 6.45) is -0.700. The highest BCUT2D eigenvalue weighted by molar-refractivity contribution is 5.57. The fraction of sp³-hybridized carbons (Fsp3) is 0.600. The third-order valence-electron chi connectivity index (χ3n) is 3.23. The van der Waals surface area contributed by atoms with Crippen LogP contribution in [0.15, 0.2) is 12.1 Å². The number of halogens is 1. The van der Waals surface area contributed by atoms with Crippen LogP contribution in [-0.4, -0.2) is 31.4 Å². The van der Waals surface area contributed by atoms with Gasteiger partial charge in [0.2, 0.25) is 0 Å². The lowest BCUT2D eigenvalue weighted by Gasteiger charge is -2.32. The molecule has 0 aliphatic rings. The highest BCUT2D eigenvalue weighted by Gasteiger charge is 2.19. The molecule has 0 saturated carbocycles. The molecular weight excluding hydrogens is 245 g/mol. The van der Waals surface area contributed by atoms with Crippen LogP contribution < -0.4 is 4.90 Å². The zero-order valence-electron chi connectivity index (χ0n) is 12.4. The van der Waals surface area contributed by atoms with Crippen molar-refractivity contribution in [2.24, 2.45) is 0 Å². The van der Waals surface area contributed by atoms with E-state index in [-0.39, 0.29) is 11.9 Å². The molecule has 0 radical (unpaired) electrons. The Morgan fingerprint density at radius 2 is 1.95 bits per heavy atom. The quantitative estimate of drug-likeness (QED) is 0.861. The van der Waals surface area contributed by atoms with Crippen LogP contribution in [0.3, 0.4) is 0 Å². The van der Waals surface area contributed by atoms with Crippen LogP contribution in [0.4, 0.5) is 10.1 Å². The molecular formula is C15H24FNO2. The molecule has 0 saturated heterocycles. The number of ether oxygens (including phenoxy) is 1. The third kappa shape index (κ3) is 3.91. The predicted molar refractivity (Wildman–Crippen MR) is 76.1 cm³/mol. The molecule has 3 nitrogen and oxygen atoms in total. The molecule has 0 unspecified atom stereocenters. The van der Waals surface area contributed by atoms with E-state index in [1.165, 1.54) is 6.07 Å². The zero-order valence-corrected chi connectivity index (χ0v) is 12.4. The summed E-state index contributed by atoms with van der Waals surface area (Å²) < 4.78 is 18.8. The molecule has 0 aliphatic heterocycles. The Kier molecular flexibility index (Phi) is 5.76. The lowest BCUT2D eigenvalue weighted by atomic mass is 10.0. The van der Waals surface area contributed by atoms with Gasteiger partial charge in [0, 0.05) is 30.9 Å². The Labute approximate surface area is 115 Å². The van der Waals surface area contributed by atoms with Crippen molar-refractivity contribution >= 4 is 5.69 Å². The maximum Gasteiger partial charge on any atom is 0.126 e. The van der Waals surface area contributed by atoms with Gasteiger partial charge < -0.3 is 14.7 Å². The molecule has 1 N–H and O–H groups in total. The second-order valence-electron chi connectivity index (χ2n) is 5.12. The van der Waals surface area contributed by atoms with E-state index in [1.807, 2.05) is 0 Å². The summed E-state index contributed by atoms with van der Waals surface area (Å²) in [6.45, 7) is 8.83. The largest absolute Gasteiger partial charge is 0.389 e. The van der Waals surface area contributed by atoms with Crippen LogP contribution in [0.1, 0.15) is 38.0 Å². The maximum atomic E-state index is 13.7. The average Bonchev–Trinajstić information content (AvgIpc) is 2.32. The minimum absolute atomic E-state index is 0.248. The molecule has 0 aliphatic carbocycles. The summed E-state index contributed by atoms with van der Waals surface area (Å²) in [7, 11) is 1.66. The van der Waals surface area contributed by atoms with Gasteiger partial charge in [0.25, 0.3) is 0 Å². The van der Waals surface area contributed by atoms with E-state index in [1.54, 1.807) is 27.0 Å². The number of hydrogen-bond donors (Lipinski definition) is 1. The second-order valence-corrected chi connectivity index (χ2v) is 5.12. The van der Waals surface area contributed by atoms with E-state index in [4.69, 9.17) is 4.74 Å². The van der Waals surface area contributed by atoms with E-state index >= 15 is 0 Å². The molecule has 0 aromatic heterocycles. The number of methoxy groups -OCH3 is 1. The molecule has 0 amide bonds. The average molecular weight is 269 g/mol. The van der Waals surface area contributed by atoms with Gasteiger partial charge in [-0.1, -0.05) is 0 Å². The minimum atomic E-state index is -0.700. The summed E-state index contributed by atoms with van der Waals surface area (Å²) in [5, 5.41) is 9.85. The fourth-order valence-electron chi connectivity index (χ4n) is 2.11. The first-order valence-corrected chi connectivity index (χ1v) is 6.62. The molecule has 4 heteroatoms. The molecule has 108 valence electrons. The Balaban J connectivity index is 3.23. The SMILES string of the molecule is COCCN(c1cc(C)c(F)cc1[C@@H](C)O)C(C)C. The third-order valence-corrected chi connectivity index (χ3v) is 3.23. The first-order chi connectivity index (χ1) is 8.88. The normalized spacial score (nSPS) is 12.8. The van der Waals surface area contributed by atoms with E-state index in [0.29, 0.717) is 24.3 Å². The van der Waals surface area contributed by atoms with Crippen LogP contribution >= 0.6 is 0 Å². The number of benzene rings is 1. The van der Waals surface area contributed by atoms with Crippen molar-refractivity contribution in [1.29, 1.82) is 0 Å². The van der Waals surface area contributed by atoms with E-state index < -0.39 is 6.10 Å². The molecule has 0 spiro atoms. The smallest absolute Gasteiger partial charge is 0.126 e. The number of nitrogens with zero attached hydrogens (tertiary/aromatic N) is 1. The lowest BCUT2D eigenvalue weighted by Crippen LogP contribution is -2.34. The Morgan fingerprint density at radius 1 is 1.32 bits per heavy atom. The maximum absolute atomic E-state index is 13.7. The van der Waals surface area contributed by atoms with Crippen LogP contribution in [0.5, 0.6) is 0 Å². The monoisotopic (exact) mass is 269 g/mol. The van der Waals surface area contributed by atoms with Gasteiger partial charge in [-0.15, -0.1) is 0 Å². The van der Waals surface area contributed by atoms with Crippen molar-refractivity contribution in [3.8, 4) is 0 Å². The zero-order chi connectivity index (χ0) is 14.6. The number of rotatable bonds is 6. The molecule has 19 heavy (non-hydrogen) atoms. The van der Waals surface area contributed by atoms with Crippen molar-refractivity contribution in [2.45, 2.75) is 39.8 Å². The van der Waals surface area contributed by atoms with Gasteiger partial charge in [0.15, 0.2) is 0 Å². The van der Waals surface area contributed by atoms with E-state index in [9.17, 15) is 9.50 Å². The fourth-order valence-corrected chi connectivity index (χ4v) is 2.11. The Bertz CT molecular complexity index is 419. The molecule has 1 aromatic carbocycles. The summed E-state index contributed by atoms with van der Waals surface area (Å²) in [5.41, 5.74) is 2.08. The highest BCUT2D eigenvalue weighted by Crippen LogP contribution is 2.30. The number of hydrogen-bond acceptors (Lipinski definition) is 3. The predicted octanol–water partition coefficient (Wildman–Crippen LogP) is 3.05. The first-order valence-electron chi connectivity index (χ1n) is 6.62. The van der Waals surface area contributed by atoms with Crippen LogP contribution in [0, 0.1) is 12.7 Å². The molecule has 1 atom stereocenters. The number of aliphatic hydroxyl groups is 1. The van der Waals surface area contributed by atoms with Gasteiger partial charge in [-0.2, -0.15) is 0 Å². The van der Waals surface area contributed by atoms with Crippen LogP contribution in [-0.2, 0) is 4.74 Å². The highest BCUT2D eigenvalue weighted by atomic mass is 19.1. The van der Waals surface area contributed by atoms with Gasteiger partial charge in [0.1, 0.15) is 5.82 Å². The van der Waals surface area contributed by atoms with Gasteiger partial charge >= 0.3 is 0 Å². The van der Waals surface area contributed by atoms with Crippen molar-refractivity contribution in [3.63, 3.8) is 0 Å². The number of aryl methyl sites for hydroxylation is 1. The Hall–Kier alpha value is -1.13. The summed E-state index contributed by atoms with van der Waals surface area (Å²) in [4.78, 5) is 2.12. The molecule has 0 fully saturated rings. The molecule has 0 heterocycles. The minimum Gasteiger partial charge on any atom is -0.389 e. The van der Waals surface area contributed by atoms with E-state index in [2.05, 4.69) is 18.7 Å². The topological polar surface area (TPSA) is 32.7 Å². The number of aliphatic hydroxyl groups excluding tert-OH is 1. The Morgan fingerprint density at radius 3 is 2.42 bits per heavy atom. The van der Waals surface area contributed by atoms with Crippen molar-refractivity contribution in [3.05, 3.63) is 29.1 Å². The standard InChI is InChI=1S/C15H24FNO2/c1-10(2)17(6-7-19-5)15-8-11(3)14(16)9-13(15)12(4)18/h8-10,12,18H,6-7H2,1-5H3/t12-/m1/s1. The van der Waals surface area contributed by atoms with Crippen molar-refractivity contribution in [2.75, 3.05) is 25.2 Å². The van der Waals surface area contributed by atoms with Crippen molar-refractivity contribution in [1.82, 2.24) is 0 Å². The van der Waals surface area contributed by atoms with E-state index in [0.717, 1.165) is 5.69 Å². The summed E-state index contributed by atoms with van der Waals surface area (Å²) >= 11 is 0. The summed E-state index contributed by atoms with van der Waals surface area (Å²) in [6, 6.07) is 3.47. The number of anilines is 1. The second kappa shape index (κ2) is 6.87. The van der Waals surface area contributed by atoms with Gasteiger partial charge in [0.05, 0.1) is 12.7 Å². The summed E-state index contributed by atoms with van der Waals surface area (Å²) in [5.74, 6) is -0.282. The molecule has 1 aromatic rings. The first kappa shape index (κ1) is 15.9. The van der Waals surface area contributed by atoms with Gasteiger partial charge in [-0.3, -0.25) is 0 Å². The van der Waals surface area contributed by atoms with Gasteiger partial charge in [-0.05, 0) is 45.4 Å². The van der Waals surface area contributed by atoms with Gasteiger partial charge in [-0.25, -0.2) is 4.39 Å². The van der Waals surface area contributed by atoms with Crippen molar-refractivity contribution < 1.29 is 14.2 Å².